The van der Waals surface area contributed by atoms with Crippen molar-refractivity contribution in [1.82, 2.24) is 0 Å². The number of carbonyl (C=O) groups excluding carboxylic acids is 2. The van der Waals surface area contributed by atoms with Crippen molar-refractivity contribution in [3.8, 4) is 0 Å². The van der Waals surface area contributed by atoms with Crippen molar-refractivity contribution < 1.29 is 19.8 Å². The minimum absolute atomic E-state index is 0.0582. The van der Waals surface area contributed by atoms with E-state index < -0.39 is 6.10 Å². The summed E-state index contributed by atoms with van der Waals surface area (Å²) < 4.78 is 0. The lowest BCUT2D eigenvalue weighted by molar-refractivity contribution is -0.144. The summed E-state index contributed by atoms with van der Waals surface area (Å²) in [5.41, 5.74) is 0.970. The highest BCUT2D eigenvalue weighted by Gasteiger charge is 2.62. The molecule has 25 heavy (non-hydrogen) atoms. The monoisotopic (exact) mass is 346 g/mol. The van der Waals surface area contributed by atoms with Crippen LogP contribution in [0.5, 0.6) is 0 Å². The molecule has 138 valence electrons. The molecular formula is C21H30O4. The normalized spacial score (nSPS) is 49.0. The molecule has 3 fully saturated rings. The van der Waals surface area contributed by atoms with E-state index in [9.17, 15) is 19.8 Å². The standard InChI is InChI=1S/C21H30O4/c1-20-8-7-13(23)9-12(20)3-4-14-15-5-6-16(18(25)11-22)21(15,2)10-17(24)19(14)20/h3,14-17,19,22,24H,4-11H2,1-2H3/t14?,15?,16-,17+,19?,20+,21+/m1/s1. The predicted octanol–water partition coefficient (Wildman–Crippen LogP) is 2.67. The molecule has 0 aliphatic heterocycles. The Bertz CT molecular complexity index is 638. The van der Waals surface area contributed by atoms with Crippen molar-refractivity contribution in [1.29, 1.82) is 0 Å². The van der Waals surface area contributed by atoms with E-state index in [4.69, 9.17) is 0 Å². The number of carbonyl (C=O) groups is 2. The third-order valence-corrected chi connectivity index (χ3v) is 8.41. The summed E-state index contributed by atoms with van der Waals surface area (Å²) in [6, 6.07) is 0. The predicted molar refractivity (Wildman–Crippen MR) is 93.7 cm³/mol. The van der Waals surface area contributed by atoms with Gasteiger partial charge >= 0.3 is 0 Å². The molecule has 3 saturated carbocycles. The number of fused-ring (bicyclic) bond motifs is 5. The maximum Gasteiger partial charge on any atom is 0.161 e. The van der Waals surface area contributed by atoms with E-state index in [2.05, 4.69) is 19.9 Å². The average Bonchev–Trinajstić information content (AvgIpc) is 2.91. The molecule has 4 rings (SSSR count). The van der Waals surface area contributed by atoms with Gasteiger partial charge in [0.05, 0.1) is 6.10 Å². The Balaban J connectivity index is 1.70. The number of hydrogen-bond acceptors (Lipinski definition) is 4. The van der Waals surface area contributed by atoms with Crippen LogP contribution in [0.25, 0.3) is 0 Å². The lowest BCUT2D eigenvalue weighted by atomic mass is 9.46. The SMILES string of the molecule is C[C@]12CCC(=O)CC1=CCC1C2[C@@H](O)C[C@@]2(C)C1CC[C@@H]2C(=O)CO. The summed E-state index contributed by atoms with van der Waals surface area (Å²) in [5, 5.41) is 20.5. The van der Waals surface area contributed by atoms with Crippen molar-refractivity contribution >= 4 is 11.6 Å². The maximum absolute atomic E-state index is 12.3. The van der Waals surface area contributed by atoms with Crippen LogP contribution < -0.4 is 0 Å². The summed E-state index contributed by atoms with van der Waals surface area (Å²) in [6.45, 7) is 4.02. The largest absolute Gasteiger partial charge is 0.393 e. The van der Waals surface area contributed by atoms with E-state index in [1.165, 1.54) is 5.57 Å². The highest BCUT2D eigenvalue weighted by Crippen LogP contribution is 2.66. The highest BCUT2D eigenvalue weighted by atomic mass is 16.3. The van der Waals surface area contributed by atoms with Crippen LogP contribution in [-0.4, -0.2) is 34.5 Å². The van der Waals surface area contributed by atoms with E-state index in [-0.39, 0.29) is 35.1 Å². The zero-order chi connectivity index (χ0) is 18.0. The first-order valence-electron chi connectivity index (χ1n) is 9.84. The Hall–Kier alpha value is -1.00. The lowest BCUT2D eigenvalue weighted by Crippen LogP contribution is -2.56. The molecule has 3 unspecified atom stereocenters. The summed E-state index contributed by atoms with van der Waals surface area (Å²) in [5.74, 6) is 1.15. The topological polar surface area (TPSA) is 74.6 Å². The van der Waals surface area contributed by atoms with Crippen LogP contribution >= 0.6 is 0 Å². The van der Waals surface area contributed by atoms with Gasteiger partial charge < -0.3 is 10.2 Å². The average molecular weight is 346 g/mol. The highest BCUT2D eigenvalue weighted by molar-refractivity contribution is 5.83. The van der Waals surface area contributed by atoms with Gasteiger partial charge in [0.25, 0.3) is 0 Å². The van der Waals surface area contributed by atoms with Crippen LogP contribution in [0, 0.1) is 34.5 Å². The van der Waals surface area contributed by atoms with Crippen molar-refractivity contribution in [2.24, 2.45) is 34.5 Å². The van der Waals surface area contributed by atoms with Gasteiger partial charge in [-0.2, -0.15) is 0 Å². The lowest BCUT2D eigenvalue weighted by Gasteiger charge is -2.59. The fourth-order valence-electron chi connectivity index (χ4n) is 7.25. The molecule has 0 aromatic rings. The molecule has 4 aliphatic carbocycles. The second-order valence-electron chi connectivity index (χ2n) is 9.43. The molecular weight excluding hydrogens is 316 g/mol. The summed E-state index contributed by atoms with van der Waals surface area (Å²) in [4.78, 5) is 24.2. The second-order valence-corrected chi connectivity index (χ2v) is 9.43. The zero-order valence-electron chi connectivity index (χ0n) is 15.3. The van der Waals surface area contributed by atoms with Gasteiger partial charge in [-0.05, 0) is 60.7 Å². The number of rotatable bonds is 2. The molecule has 0 spiro atoms. The minimum atomic E-state index is -0.430. The minimum Gasteiger partial charge on any atom is -0.393 e. The van der Waals surface area contributed by atoms with E-state index >= 15 is 0 Å². The van der Waals surface area contributed by atoms with Gasteiger partial charge in [0.2, 0.25) is 0 Å². The first-order chi connectivity index (χ1) is 11.8. The Morgan fingerprint density at radius 3 is 2.80 bits per heavy atom. The van der Waals surface area contributed by atoms with Crippen molar-refractivity contribution in [3.05, 3.63) is 11.6 Å². The number of ketones is 2. The van der Waals surface area contributed by atoms with Crippen molar-refractivity contribution in [3.63, 3.8) is 0 Å². The number of Topliss-reactive ketones (excluding diaryl/α,β-unsaturated/α-hetero) is 2. The van der Waals surface area contributed by atoms with Crippen molar-refractivity contribution in [2.45, 2.75) is 64.9 Å². The smallest absolute Gasteiger partial charge is 0.161 e. The molecule has 2 N–H and O–H groups in total. The Labute approximate surface area is 149 Å². The van der Waals surface area contributed by atoms with E-state index in [0.717, 1.165) is 25.7 Å². The summed E-state index contributed by atoms with van der Waals surface area (Å²) in [7, 11) is 0. The molecule has 0 saturated heterocycles. The van der Waals surface area contributed by atoms with Gasteiger partial charge in [-0.1, -0.05) is 25.5 Å². The number of aliphatic hydroxyl groups excluding tert-OH is 2. The Kier molecular flexibility index (Phi) is 4.01. The molecule has 4 nitrogen and oxygen atoms in total. The summed E-state index contributed by atoms with van der Waals surface area (Å²) >= 11 is 0. The first kappa shape index (κ1) is 17.4. The molecule has 7 atom stereocenters. The second kappa shape index (κ2) is 5.75. The van der Waals surface area contributed by atoms with E-state index in [1.54, 1.807) is 0 Å². The Morgan fingerprint density at radius 2 is 2.08 bits per heavy atom. The van der Waals surface area contributed by atoms with Gasteiger partial charge in [0.1, 0.15) is 12.4 Å². The molecule has 0 aromatic carbocycles. The molecule has 0 heterocycles. The van der Waals surface area contributed by atoms with E-state index in [0.29, 0.717) is 36.9 Å². The van der Waals surface area contributed by atoms with Crippen LogP contribution in [0.3, 0.4) is 0 Å². The third kappa shape index (κ3) is 2.33. The maximum atomic E-state index is 12.3. The quantitative estimate of drug-likeness (QED) is 0.754. The third-order valence-electron chi connectivity index (χ3n) is 8.41. The van der Waals surface area contributed by atoms with Crippen LogP contribution in [-0.2, 0) is 9.59 Å². The summed E-state index contributed by atoms with van der Waals surface area (Å²) in [6.07, 6.45) is 7.28. The number of allylic oxidation sites excluding steroid dienone is 2. The zero-order valence-corrected chi connectivity index (χ0v) is 15.3. The molecule has 0 bridgehead atoms. The van der Waals surface area contributed by atoms with Gasteiger partial charge in [0, 0.05) is 18.8 Å². The number of hydrogen-bond donors (Lipinski definition) is 2. The number of aliphatic hydroxyl groups is 2. The molecule has 0 radical (unpaired) electrons. The molecule has 4 aliphatic rings. The van der Waals surface area contributed by atoms with Gasteiger partial charge in [-0.25, -0.2) is 0 Å². The molecule has 0 amide bonds. The molecule has 4 heteroatoms. The van der Waals surface area contributed by atoms with E-state index in [1.807, 2.05) is 0 Å². The molecule has 0 aromatic heterocycles. The fourth-order valence-corrected chi connectivity index (χ4v) is 7.25. The fraction of sp³-hybridized carbons (Fsp3) is 0.810. The first-order valence-corrected chi connectivity index (χ1v) is 9.84. The van der Waals surface area contributed by atoms with Crippen molar-refractivity contribution in [2.75, 3.05) is 6.61 Å². The Morgan fingerprint density at radius 1 is 1.32 bits per heavy atom. The van der Waals surface area contributed by atoms with Crippen LogP contribution in [0.1, 0.15) is 58.8 Å². The van der Waals surface area contributed by atoms with Crippen LogP contribution in [0.4, 0.5) is 0 Å². The van der Waals surface area contributed by atoms with Gasteiger partial charge in [-0.3, -0.25) is 9.59 Å². The van der Waals surface area contributed by atoms with Gasteiger partial charge in [0.15, 0.2) is 5.78 Å². The van der Waals surface area contributed by atoms with Gasteiger partial charge in [-0.15, -0.1) is 0 Å². The van der Waals surface area contributed by atoms with Crippen LogP contribution in [0.15, 0.2) is 11.6 Å². The van der Waals surface area contributed by atoms with Crippen LogP contribution in [0.2, 0.25) is 0 Å².